The maximum atomic E-state index is 12.8. The fraction of sp³-hybridized carbons (Fsp3) is 0.526. The molecule has 3 rings (SSSR count). The van der Waals surface area contributed by atoms with Crippen molar-refractivity contribution in [3.8, 4) is 0 Å². The van der Waals surface area contributed by atoms with Crippen molar-refractivity contribution < 1.29 is 14.3 Å². The van der Waals surface area contributed by atoms with Crippen LogP contribution < -0.4 is 5.32 Å². The van der Waals surface area contributed by atoms with E-state index in [1.165, 1.54) is 0 Å². The van der Waals surface area contributed by atoms with Gasteiger partial charge in [0.1, 0.15) is 0 Å². The molecule has 0 bridgehead atoms. The van der Waals surface area contributed by atoms with Gasteiger partial charge in [0.2, 0.25) is 0 Å². The summed E-state index contributed by atoms with van der Waals surface area (Å²) >= 11 is 0. The molecule has 134 valence electrons. The molecule has 25 heavy (non-hydrogen) atoms. The number of hydrogen-bond acceptors (Lipinski definition) is 5. The summed E-state index contributed by atoms with van der Waals surface area (Å²) in [6.07, 6.45) is 2.18. The van der Waals surface area contributed by atoms with E-state index in [-0.39, 0.29) is 11.8 Å². The predicted molar refractivity (Wildman–Crippen MR) is 93.8 cm³/mol. The van der Waals surface area contributed by atoms with Crippen LogP contribution in [0.1, 0.15) is 56.0 Å². The average Bonchev–Trinajstić information content (AvgIpc) is 2.79. The highest BCUT2D eigenvalue weighted by Crippen LogP contribution is 2.44. The molecule has 0 radical (unpaired) electrons. The van der Waals surface area contributed by atoms with Crippen molar-refractivity contribution >= 4 is 11.8 Å². The topological polar surface area (TPSA) is 73.2 Å². The minimum absolute atomic E-state index is 0.107. The lowest BCUT2D eigenvalue weighted by molar-refractivity contribution is -0.138. The van der Waals surface area contributed by atoms with Crippen LogP contribution in [0, 0.1) is 13.8 Å². The number of ether oxygens (including phenoxy) is 1. The average molecular weight is 343 g/mol. The van der Waals surface area contributed by atoms with Crippen LogP contribution in [-0.4, -0.2) is 28.1 Å². The van der Waals surface area contributed by atoms with E-state index in [9.17, 15) is 9.59 Å². The molecular weight excluding hydrogens is 318 g/mol. The molecule has 1 aromatic rings. The SMILES string of the molecule is CCOC(=O)C1=C(C)NC2=C(C(=O)CCC2)[C@@H]1c1c(C)nn(C)c1C. The molecule has 2 aliphatic rings. The van der Waals surface area contributed by atoms with Crippen molar-refractivity contribution in [2.45, 2.75) is 52.9 Å². The first kappa shape index (κ1) is 17.5. The second-order valence-electron chi connectivity index (χ2n) is 6.69. The number of hydrogen-bond donors (Lipinski definition) is 1. The third-order valence-corrected chi connectivity index (χ3v) is 5.12. The summed E-state index contributed by atoms with van der Waals surface area (Å²) in [4.78, 5) is 25.5. The number of carbonyl (C=O) groups is 2. The zero-order valence-electron chi connectivity index (χ0n) is 15.5. The van der Waals surface area contributed by atoms with Crippen molar-refractivity contribution in [2.24, 2.45) is 7.05 Å². The van der Waals surface area contributed by atoms with Gasteiger partial charge in [-0.3, -0.25) is 9.48 Å². The van der Waals surface area contributed by atoms with E-state index in [1.54, 1.807) is 11.6 Å². The Labute approximate surface area is 147 Å². The number of nitrogens with zero attached hydrogens (tertiary/aromatic N) is 2. The molecule has 0 fully saturated rings. The van der Waals surface area contributed by atoms with Crippen LogP contribution in [0.25, 0.3) is 0 Å². The molecule has 6 nitrogen and oxygen atoms in total. The minimum Gasteiger partial charge on any atom is -0.463 e. The lowest BCUT2D eigenvalue weighted by atomic mass is 9.74. The molecule has 1 aliphatic heterocycles. The van der Waals surface area contributed by atoms with Crippen LogP contribution in [0.4, 0.5) is 0 Å². The van der Waals surface area contributed by atoms with Gasteiger partial charge in [0.15, 0.2) is 5.78 Å². The number of carbonyl (C=O) groups excluding carboxylic acids is 2. The molecular formula is C19H25N3O3. The second-order valence-corrected chi connectivity index (χ2v) is 6.69. The van der Waals surface area contributed by atoms with Crippen LogP contribution in [-0.2, 0) is 21.4 Å². The number of esters is 1. The third kappa shape index (κ3) is 2.79. The Balaban J connectivity index is 2.24. The maximum Gasteiger partial charge on any atom is 0.336 e. The first-order chi connectivity index (χ1) is 11.9. The third-order valence-electron chi connectivity index (χ3n) is 5.12. The molecule has 2 heterocycles. The molecule has 1 N–H and O–H groups in total. The van der Waals surface area contributed by atoms with Gasteiger partial charge in [-0.15, -0.1) is 0 Å². The van der Waals surface area contributed by atoms with E-state index >= 15 is 0 Å². The highest BCUT2D eigenvalue weighted by molar-refractivity contribution is 6.03. The van der Waals surface area contributed by atoms with Gasteiger partial charge in [0.25, 0.3) is 0 Å². The van der Waals surface area contributed by atoms with Crippen LogP contribution >= 0.6 is 0 Å². The lowest BCUT2D eigenvalue weighted by Crippen LogP contribution is -2.34. The molecule has 6 heteroatoms. The van der Waals surface area contributed by atoms with Crippen LogP contribution in [0.2, 0.25) is 0 Å². The number of allylic oxidation sites excluding steroid dienone is 3. The highest BCUT2D eigenvalue weighted by atomic mass is 16.5. The standard InChI is InChI=1S/C19H25N3O3/c1-6-25-19(24)16-10(2)20-13-8-7-9-14(23)17(13)18(16)15-11(3)21-22(5)12(15)4/h18,20H,6-9H2,1-5H3/t18-/m1/s1. The smallest absolute Gasteiger partial charge is 0.336 e. The predicted octanol–water partition coefficient (Wildman–Crippen LogP) is 2.57. The summed E-state index contributed by atoms with van der Waals surface area (Å²) in [6.45, 7) is 7.87. The summed E-state index contributed by atoms with van der Waals surface area (Å²) in [6, 6.07) is 0. The monoisotopic (exact) mass is 343 g/mol. The van der Waals surface area contributed by atoms with Crippen molar-refractivity contribution in [2.75, 3.05) is 6.61 Å². The maximum absolute atomic E-state index is 12.8. The number of aryl methyl sites for hydroxylation is 2. The number of ketones is 1. The van der Waals surface area contributed by atoms with Gasteiger partial charge in [-0.2, -0.15) is 5.10 Å². The number of Topliss-reactive ketones (excluding diaryl/α,β-unsaturated/α-hetero) is 1. The largest absolute Gasteiger partial charge is 0.463 e. The van der Waals surface area contributed by atoms with Crippen LogP contribution in [0.5, 0.6) is 0 Å². The van der Waals surface area contributed by atoms with Crippen LogP contribution in [0.3, 0.4) is 0 Å². The van der Waals surface area contributed by atoms with Crippen molar-refractivity contribution in [3.63, 3.8) is 0 Å². The van der Waals surface area contributed by atoms with Crippen molar-refractivity contribution in [1.29, 1.82) is 0 Å². The van der Waals surface area contributed by atoms with E-state index in [1.807, 2.05) is 27.8 Å². The van der Waals surface area contributed by atoms with Crippen molar-refractivity contribution in [3.05, 3.63) is 39.5 Å². The van der Waals surface area contributed by atoms with Gasteiger partial charge in [-0.05, 0) is 40.5 Å². The Morgan fingerprint density at radius 1 is 1.32 bits per heavy atom. The summed E-state index contributed by atoms with van der Waals surface area (Å²) < 4.78 is 7.11. The zero-order valence-corrected chi connectivity index (χ0v) is 15.5. The first-order valence-corrected chi connectivity index (χ1v) is 8.78. The lowest BCUT2D eigenvalue weighted by Gasteiger charge is -2.34. The van der Waals surface area contributed by atoms with E-state index in [4.69, 9.17) is 4.74 Å². The fourth-order valence-corrected chi connectivity index (χ4v) is 3.96. The van der Waals surface area contributed by atoms with E-state index in [2.05, 4.69) is 10.4 Å². The van der Waals surface area contributed by atoms with Gasteiger partial charge in [-0.1, -0.05) is 0 Å². The van der Waals surface area contributed by atoms with E-state index in [0.29, 0.717) is 24.2 Å². The zero-order chi connectivity index (χ0) is 18.3. The fourth-order valence-electron chi connectivity index (χ4n) is 3.96. The minimum atomic E-state index is -0.406. The van der Waals surface area contributed by atoms with Gasteiger partial charge in [0, 0.05) is 41.7 Å². The Morgan fingerprint density at radius 3 is 2.64 bits per heavy atom. The first-order valence-electron chi connectivity index (χ1n) is 8.78. The summed E-state index contributed by atoms with van der Waals surface area (Å²) in [5, 5.41) is 7.79. The van der Waals surface area contributed by atoms with Crippen LogP contribution in [0.15, 0.2) is 22.5 Å². The molecule has 0 spiro atoms. The molecule has 0 amide bonds. The normalized spacial score (nSPS) is 20.5. The number of nitrogens with one attached hydrogen (secondary N) is 1. The molecule has 0 saturated carbocycles. The summed E-state index contributed by atoms with van der Waals surface area (Å²) in [5.74, 6) is -0.669. The Bertz CT molecular complexity index is 814. The molecule has 1 aromatic heterocycles. The molecule has 0 aromatic carbocycles. The number of dihydropyridines is 1. The van der Waals surface area contributed by atoms with Gasteiger partial charge >= 0.3 is 5.97 Å². The van der Waals surface area contributed by atoms with Gasteiger partial charge < -0.3 is 10.1 Å². The quantitative estimate of drug-likeness (QED) is 0.854. The summed E-state index contributed by atoms with van der Waals surface area (Å²) in [7, 11) is 1.88. The Morgan fingerprint density at radius 2 is 2.04 bits per heavy atom. The molecule has 1 atom stereocenters. The highest BCUT2D eigenvalue weighted by Gasteiger charge is 2.41. The number of rotatable bonds is 3. The summed E-state index contributed by atoms with van der Waals surface area (Å²) in [5.41, 5.74) is 5.67. The van der Waals surface area contributed by atoms with E-state index < -0.39 is 5.92 Å². The van der Waals surface area contributed by atoms with Gasteiger partial charge in [-0.25, -0.2) is 4.79 Å². The Hall–Kier alpha value is -2.37. The Kier molecular flexibility index (Phi) is 4.54. The van der Waals surface area contributed by atoms with Crippen molar-refractivity contribution in [1.82, 2.24) is 15.1 Å². The van der Waals surface area contributed by atoms with E-state index in [0.717, 1.165) is 41.2 Å². The second kappa shape index (κ2) is 6.50. The molecule has 1 aliphatic carbocycles. The molecule has 0 unspecified atom stereocenters. The molecule has 0 saturated heterocycles. The number of aromatic nitrogens is 2. The van der Waals surface area contributed by atoms with Gasteiger partial charge in [0.05, 0.1) is 23.8 Å².